The molecule has 0 radical (unpaired) electrons. The summed E-state index contributed by atoms with van der Waals surface area (Å²) in [5.74, 6) is 1.13. The predicted molar refractivity (Wildman–Crippen MR) is 92.7 cm³/mol. The van der Waals surface area contributed by atoms with Crippen LogP contribution in [0.25, 0.3) is 0 Å². The second-order valence-electron chi connectivity index (χ2n) is 6.17. The molecule has 0 bridgehead atoms. The summed E-state index contributed by atoms with van der Waals surface area (Å²) in [7, 11) is 0. The number of carbonyl (C=O) groups excluding carboxylic acids is 1. The van der Waals surface area contributed by atoms with Crippen LogP contribution in [0, 0.1) is 5.92 Å². The summed E-state index contributed by atoms with van der Waals surface area (Å²) in [6, 6.07) is 9.24. The molecule has 0 aliphatic carbocycles. The van der Waals surface area contributed by atoms with E-state index in [2.05, 4.69) is 16.4 Å². The molecule has 7 heteroatoms. The lowest BCUT2D eigenvalue weighted by molar-refractivity contribution is -0.121. The fourth-order valence-corrected chi connectivity index (χ4v) is 2.92. The minimum absolute atomic E-state index is 0.114. The number of benzene rings is 1. The van der Waals surface area contributed by atoms with Gasteiger partial charge in [-0.15, -0.1) is 0 Å². The number of ether oxygens (including phenoxy) is 1. The number of para-hydroxylation sites is 1. The third-order valence-corrected chi connectivity index (χ3v) is 4.33. The largest absolute Gasteiger partial charge is 0.493 e. The summed E-state index contributed by atoms with van der Waals surface area (Å²) < 4.78 is 7.05. The van der Waals surface area contributed by atoms with Crippen molar-refractivity contribution in [2.45, 2.75) is 25.8 Å². The highest BCUT2D eigenvalue weighted by Gasteiger charge is 2.18. The number of aromatic amines is 1. The maximum absolute atomic E-state index is 12.0. The Morgan fingerprint density at radius 1 is 1.28 bits per heavy atom. The maximum Gasteiger partial charge on any atom is 0.328 e. The highest BCUT2D eigenvalue weighted by molar-refractivity contribution is 5.75. The molecule has 1 atom stereocenters. The van der Waals surface area contributed by atoms with E-state index in [9.17, 15) is 14.4 Å². The fraction of sp³-hybridized carbons (Fsp3) is 0.389. The normalized spacial score (nSPS) is 16.4. The van der Waals surface area contributed by atoms with Crippen molar-refractivity contribution >= 4 is 5.91 Å². The van der Waals surface area contributed by atoms with Crippen molar-refractivity contribution in [1.82, 2.24) is 14.9 Å². The van der Waals surface area contributed by atoms with Crippen LogP contribution in [-0.2, 0) is 17.8 Å². The third-order valence-electron chi connectivity index (χ3n) is 4.33. The number of hydrogen-bond acceptors (Lipinski definition) is 4. The molecule has 1 aromatic heterocycles. The predicted octanol–water partition coefficient (Wildman–Crippen LogP) is 0.684. The molecule has 1 aliphatic rings. The number of hydrogen-bond donors (Lipinski definition) is 2. The first kappa shape index (κ1) is 17.0. The van der Waals surface area contributed by atoms with Crippen molar-refractivity contribution in [3.8, 4) is 5.75 Å². The zero-order chi connectivity index (χ0) is 17.6. The fourth-order valence-electron chi connectivity index (χ4n) is 2.92. The molecular weight excluding hydrogens is 322 g/mol. The summed E-state index contributed by atoms with van der Waals surface area (Å²) in [6.07, 6.45) is 3.34. The molecule has 3 rings (SSSR count). The Bertz CT molecular complexity index is 856. The molecule has 1 aliphatic heterocycles. The molecule has 0 unspecified atom stereocenters. The SMILES string of the molecule is O=C(CCn1ccc(=O)[nH]c1=O)NC[C@H]1CCOc2ccccc2C1. The van der Waals surface area contributed by atoms with E-state index in [0.29, 0.717) is 19.1 Å². The van der Waals surface area contributed by atoms with Crippen molar-refractivity contribution in [3.63, 3.8) is 0 Å². The van der Waals surface area contributed by atoms with E-state index in [4.69, 9.17) is 4.74 Å². The number of H-pyrrole nitrogens is 1. The molecule has 7 nitrogen and oxygen atoms in total. The number of nitrogens with one attached hydrogen (secondary N) is 2. The lowest BCUT2D eigenvalue weighted by atomic mass is 9.97. The molecule has 1 amide bonds. The standard InChI is InChI=1S/C18H21N3O4/c22-16(5-8-21-9-6-17(23)20-18(21)24)19-12-13-7-10-25-15-4-2-1-3-14(15)11-13/h1-4,6,9,13H,5,7-8,10-12H2,(H,19,22)(H,20,23,24)/t13-/m0/s1. The number of amides is 1. The zero-order valence-corrected chi connectivity index (χ0v) is 13.9. The van der Waals surface area contributed by atoms with Gasteiger partial charge in [0.1, 0.15) is 5.75 Å². The van der Waals surface area contributed by atoms with Gasteiger partial charge < -0.3 is 14.6 Å². The van der Waals surface area contributed by atoms with E-state index < -0.39 is 11.2 Å². The van der Waals surface area contributed by atoms with Gasteiger partial charge in [0.2, 0.25) is 5.91 Å². The van der Waals surface area contributed by atoms with Gasteiger partial charge in [0.05, 0.1) is 6.61 Å². The van der Waals surface area contributed by atoms with Gasteiger partial charge in [-0.25, -0.2) is 4.79 Å². The quantitative estimate of drug-likeness (QED) is 0.835. The molecule has 2 heterocycles. The van der Waals surface area contributed by atoms with Crippen LogP contribution in [0.3, 0.4) is 0 Å². The number of fused-ring (bicyclic) bond motifs is 1. The number of rotatable bonds is 5. The summed E-state index contributed by atoms with van der Waals surface area (Å²) in [4.78, 5) is 36.8. The van der Waals surface area contributed by atoms with Crippen LogP contribution in [-0.4, -0.2) is 28.6 Å². The molecule has 1 aromatic carbocycles. The smallest absolute Gasteiger partial charge is 0.328 e. The van der Waals surface area contributed by atoms with Gasteiger partial charge in [-0.05, 0) is 30.4 Å². The first-order chi connectivity index (χ1) is 12.1. The Kier molecular flexibility index (Phi) is 5.33. The van der Waals surface area contributed by atoms with Gasteiger partial charge in [-0.2, -0.15) is 0 Å². The van der Waals surface area contributed by atoms with E-state index >= 15 is 0 Å². The van der Waals surface area contributed by atoms with E-state index in [1.807, 2.05) is 18.2 Å². The van der Waals surface area contributed by atoms with E-state index in [1.54, 1.807) is 0 Å². The van der Waals surface area contributed by atoms with Crippen LogP contribution in [0.1, 0.15) is 18.4 Å². The third kappa shape index (κ3) is 4.59. The minimum atomic E-state index is -0.502. The van der Waals surface area contributed by atoms with Crippen molar-refractivity contribution in [2.24, 2.45) is 5.92 Å². The van der Waals surface area contributed by atoms with Crippen molar-refractivity contribution in [1.29, 1.82) is 0 Å². The van der Waals surface area contributed by atoms with Gasteiger partial charge in [0.15, 0.2) is 0 Å². The summed E-state index contributed by atoms with van der Waals surface area (Å²) in [5.41, 5.74) is 0.221. The molecular formula is C18H21N3O4. The van der Waals surface area contributed by atoms with Gasteiger partial charge in [0, 0.05) is 31.8 Å². The molecule has 0 saturated carbocycles. The highest BCUT2D eigenvalue weighted by Crippen LogP contribution is 2.26. The van der Waals surface area contributed by atoms with E-state index in [-0.39, 0.29) is 18.9 Å². The lowest BCUT2D eigenvalue weighted by Gasteiger charge is -2.14. The van der Waals surface area contributed by atoms with Crippen molar-refractivity contribution in [3.05, 3.63) is 62.9 Å². The van der Waals surface area contributed by atoms with Gasteiger partial charge in [0.25, 0.3) is 5.56 Å². The van der Waals surface area contributed by atoms with Crippen LogP contribution in [0.2, 0.25) is 0 Å². The van der Waals surface area contributed by atoms with Crippen molar-refractivity contribution < 1.29 is 9.53 Å². The van der Waals surface area contributed by atoms with Crippen LogP contribution >= 0.6 is 0 Å². The summed E-state index contributed by atoms with van der Waals surface area (Å²) >= 11 is 0. The molecule has 0 saturated heterocycles. The Morgan fingerprint density at radius 3 is 2.96 bits per heavy atom. The van der Waals surface area contributed by atoms with E-state index in [0.717, 1.165) is 18.6 Å². The summed E-state index contributed by atoms with van der Waals surface area (Å²) in [6.45, 7) is 1.46. The molecule has 2 N–H and O–H groups in total. The van der Waals surface area contributed by atoms with Crippen molar-refractivity contribution in [2.75, 3.05) is 13.2 Å². The maximum atomic E-state index is 12.0. The van der Waals surface area contributed by atoms with Gasteiger partial charge in [-0.3, -0.25) is 14.6 Å². The molecule has 0 fully saturated rings. The number of nitrogens with zero attached hydrogens (tertiary/aromatic N) is 1. The first-order valence-corrected chi connectivity index (χ1v) is 8.39. The second-order valence-corrected chi connectivity index (χ2v) is 6.17. The zero-order valence-electron chi connectivity index (χ0n) is 13.9. The number of aromatic nitrogens is 2. The van der Waals surface area contributed by atoms with Crippen LogP contribution in [0.15, 0.2) is 46.1 Å². The molecule has 2 aromatic rings. The molecule has 0 spiro atoms. The lowest BCUT2D eigenvalue weighted by Crippen LogP contribution is -2.33. The minimum Gasteiger partial charge on any atom is -0.493 e. The van der Waals surface area contributed by atoms with Gasteiger partial charge >= 0.3 is 5.69 Å². The molecule has 25 heavy (non-hydrogen) atoms. The number of aryl methyl sites for hydroxylation is 1. The first-order valence-electron chi connectivity index (χ1n) is 8.39. The van der Waals surface area contributed by atoms with Crippen LogP contribution in [0.4, 0.5) is 0 Å². The second kappa shape index (κ2) is 7.83. The average molecular weight is 343 g/mol. The topological polar surface area (TPSA) is 93.2 Å². The Hall–Kier alpha value is -2.83. The average Bonchev–Trinajstić information content (AvgIpc) is 2.81. The van der Waals surface area contributed by atoms with E-state index in [1.165, 1.54) is 22.4 Å². The monoisotopic (exact) mass is 343 g/mol. The van der Waals surface area contributed by atoms with Crippen LogP contribution < -0.4 is 21.3 Å². The number of carbonyl (C=O) groups is 1. The van der Waals surface area contributed by atoms with Gasteiger partial charge in [-0.1, -0.05) is 18.2 Å². The van der Waals surface area contributed by atoms with Crippen LogP contribution in [0.5, 0.6) is 5.75 Å². The molecule has 132 valence electrons. The Morgan fingerprint density at radius 2 is 2.12 bits per heavy atom. The Balaban J connectivity index is 1.49. The highest BCUT2D eigenvalue weighted by atomic mass is 16.5. The Labute approximate surface area is 144 Å². The summed E-state index contributed by atoms with van der Waals surface area (Å²) in [5, 5.41) is 2.93.